The Bertz CT molecular complexity index is 647. The van der Waals surface area contributed by atoms with Gasteiger partial charge in [0, 0.05) is 18.2 Å². The Labute approximate surface area is 116 Å². The van der Waals surface area contributed by atoms with E-state index >= 15 is 0 Å². The molecule has 0 radical (unpaired) electrons. The summed E-state index contributed by atoms with van der Waals surface area (Å²) < 4.78 is 26.8. The van der Waals surface area contributed by atoms with E-state index in [2.05, 4.69) is 5.32 Å². The number of halogens is 2. The quantitative estimate of drug-likeness (QED) is 0.921. The zero-order chi connectivity index (χ0) is 14.5. The van der Waals surface area contributed by atoms with Crippen molar-refractivity contribution in [3.05, 3.63) is 70.8 Å². The van der Waals surface area contributed by atoms with Crippen LogP contribution in [0.2, 0.25) is 0 Å². The standard InChI is InChI=1S/C16H14F2N2/c1-11(14-4-2-3-5-16(14)18)20-10-12-6-7-15(17)13(8-12)9-19/h2-8,11,20H,10H2,1H3/t11-/m1/s1. The summed E-state index contributed by atoms with van der Waals surface area (Å²) in [5, 5.41) is 11.9. The molecule has 0 aliphatic rings. The summed E-state index contributed by atoms with van der Waals surface area (Å²) in [7, 11) is 0. The van der Waals surface area contributed by atoms with Crippen LogP contribution in [0, 0.1) is 23.0 Å². The van der Waals surface area contributed by atoms with Crippen LogP contribution >= 0.6 is 0 Å². The van der Waals surface area contributed by atoms with Crippen molar-refractivity contribution < 1.29 is 8.78 Å². The first kappa shape index (κ1) is 14.2. The molecule has 2 aromatic carbocycles. The second-order valence-corrected chi connectivity index (χ2v) is 4.55. The van der Waals surface area contributed by atoms with Crippen LogP contribution in [0.25, 0.3) is 0 Å². The molecule has 0 aromatic heterocycles. The van der Waals surface area contributed by atoms with Crippen LogP contribution in [0.3, 0.4) is 0 Å². The highest BCUT2D eigenvalue weighted by Crippen LogP contribution is 2.17. The molecule has 1 N–H and O–H groups in total. The van der Waals surface area contributed by atoms with Crippen LogP contribution in [-0.2, 0) is 6.54 Å². The minimum absolute atomic E-state index is 0.0165. The maximum Gasteiger partial charge on any atom is 0.140 e. The fourth-order valence-electron chi connectivity index (χ4n) is 1.98. The van der Waals surface area contributed by atoms with Gasteiger partial charge in [-0.25, -0.2) is 8.78 Å². The molecule has 0 aliphatic carbocycles. The van der Waals surface area contributed by atoms with E-state index in [4.69, 9.17) is 5.26 Å². The van der Waals surface area contributed by atoms with Crippen LogP contribution in [0.15, 0.2) is 42.5 Å². The van der Waals surface area contributed by atoms with Gasteiger partial charge in [-0.3, -0.25) is 0 Å². The summed E-state index contributed by atoms with van der Waals surface area (Å²) in [5.41, 5.74) is 1.38. The molecule has 2 nitrogen and oxygen atoms in total. The average molecular weight is 272 g/mol. The van der Waals surface area contributed by atoms with Gasteiger partial charge < -0.3 is 5.32 Å². The predicted octanol–water partition coefficient (Wildman–Crippen LogP) is 3.69. The molecular weight excluding hydrogens is 258 g/mol. The van der Waals surface area contributed by atoms with E-state index in [1.807, 2.05) is 6.92 Å². The number of nitrogens with zero attached hydrogens (tertiary/aromatic N) is 1. The molecule has 0 bridgehead atoms. The molecule has 0 unspecified atom stereocenters. The fourth-order valence-corrected chi connectivity index (χ4v) is 1.98. The second kappa shape index (κ2) is 6.27. The molecule has 102 valence electrons. The molecule has 0 spiro atoms. The summed E-state index contributed by atoms with van der Waals surface area (Å²) in [5.74, 6) is -0.789. The average Bonchev–Trinajstić information content (AvgIpc) is 2.46. The third-order valence-electron chi connectivity index (χ3n) is 3.14. The van der Waals surface area contributed by atoms with Gasteiger partial charge in [0.15, 0.2) is 0 Å². The molecule has 0 heterocycles. The molecule has 2 rings (SSSR count). The maximum atomic E-state index is 13.6. The first-order valence-electron chi connectivity index (χ1n) is 6.28. The van der Waals surface area contributed by atoms with Crippen molar-refractivity contribution in [3.63, 3.8) is 0 Å². The second-order valence-electron chi connectivity index (χ2n) is 4.55. The molecule has 0 fully saturated rings. The Balaban J connectivity index is 2.06. The van der Waals surface area contributed by atoms with Gasteiger partial charge in [-0.2, -0.15) is 5.26 Å². The number of benzene rings is 2. The van der Waals surface area contributed by atoms with Gasteiger partial charge in [0.1, 0.15) is 17.7 Å². The van der Waals surface area contributed by atoms with E-state index in [1.165, 1.54) is 18.2 Å². The van der Waals surface area contributed by atoms with Gasteiger partial charge in [-0.1, -0.05) is 24.3 Å². The number of hydrogen-bond donors (Lipinski definition) is 1. The molecule has 4 heteroatoms. The summed E-state index contributed by atoms with van der Waals surface area (Å²) in [4.78, 5) is 0. The first-order valence-corrected chi connectivity index (χ1v) is 6.28. The van der Waals surface area contributed by atoms with E-state index < -0.39 is 5.82 Å². The number of nitrogens with one attached hydrogen (secondary N) is 1. The van der Waals surface area contributed by atoms with Gasteiger partial charge >= 0.3 is 0 Å². The molecule has 0 amide bonds. The minimum atomic E-state index is -0.529. The van der Waals surface area contributed by atoms with Crippen molar-refractivity contribution in [3.8, 4) is 6.07 Å². The van der Waals surface area contributed by atoms with Gasteiger partial charge in [0.05, 0.1) is 5.56 Å². The van der Waals surface area contributed by atoms with E-state index in [9.17, 15) is 8.78 Å². The van der Waals surface area contributed by atoms with Crippen LogP contribution in [0.5, 0.6) is 0 Å². The van der Waals surface area contributed by atoms with Crippen molar-refractivity contribution in [2.24, 2.45) is 0 Å². The third kappa shape index (κ3) is 3.19. The van der Waals surface area contributed by atoms with Gasteiger partial charge in [-0.05, 0) is 30.7 Å². The number of hydrogen-bond acceptors (Lipinski definition) is 2. The molecular formula is C16H14F2N2. The lowest BCUT2D eigenvalue weighted by Crippen LogP contribution is -2.19. The SMILES string of the molecule is C[C@@H](NCc1ccc(F)c(C#N)c1)c1ccccc1F. The highest BCUT2D eigenvalue weighted by atomic mass is 19.1. The Morgan fingerprint density at radius 1 is 1.15 bits per heavy atom. The van der Waals surface area contributed by atoms with E-state index in [0.717, 1.165) is 5.56 Å². The zero-order valence-electron chi connectivity index (χ0n) is 11.0. The van der Waals surface area contributed by atoms with Crippen LogP contribution in [-0.4, -0.2) is 0 Å². The fraction of sp³-hybridized carbons (Fsp3) is 0.188. The lowest BCUT2D eigenvalue weighted by Gasteiger charge is -2.15. The smallest absolute Gasteiger partial charge is 0.140 e. The lowest BCUT2D eigenvalue weighted by molar-refractivity contribution is 0.528. The Kier molecular flexibility index (Phi) is 4.44. The van der Waals surface area contributed by atoms with Crippen LogP contribution in [0.1, 0.15) is 29.7 Å². The highest BCUT2D eigenvalue weighted by molar-refractivity contribution is 5.34. The lowest BCUT2D eigenvalue weighted by atomic mass is 10.1. The number of rotatable bonds is 4. The van der Waals surface area contributed by atoms with Crippen molar-refractivity contribution in [2.45, 2.75) is 19.5 Å². The third-order valence-corrected chi connectivity index (χ3v) is 3.14. The number of nitriles is 1. The predicted molar refractivity (Wildman–Crippen MR) is 72.8 cm³/mol. The van der Waals surface area contributed by atoms with Crippen LogP contribution in [0.4, 0.5) is 8.78 Å². The molecule has 0 saturated heterocycles. The van der Waals surface area contributed by atoms with Crippen molar-refractivity contribution in [1.82, 2.24) is 5.32 Å². The Morgan fingerprint density at radius 3 is 2.60 bits per heavy atom. The zero-order valence-corrected chi connectivity index (χ0v) is 11.0. The van der Waals surface area contributed by atoms with E-state index in [0.29, 0.717) is 12.1 Å². The molecule has 0 aliphatic heterocycles. The largest absolute Gasteiger partial charge is 0.306 e. The first-order chi connectivity index (χ1) is 9.61. The highest BCUT2D eigenvalue weighted by Gasteiger charge is 2.10. The normalized spacial score (nSPS) is 11.9. The Morgan fingerprint density at radius 2 is 1.90 bits per heavy atom. The summed E-state index contributed by atoms with van der Waals surface area (Å²) >= 11 is 0. The van der Waals surface area contributed by atoms with Crippen molar-refractivity contribution in [2.75, 3.05) is 0 Å². The van der Waals surface area contributed by atoms with Crippen LogP contribution < -0.4 is 5.32 Å². The monoisotopic (exact) mass is 272 g/mol. The summed E-state index contributed by atoms with van der Waals surface area (Å²) in [6.45, 7) is 2.29. The van der Waals surface area contributed by atoms with E-state index in [-0.39, 0.29) is 17.4 Å². The topological polar surface area (TPSA) is 35.8 Å². The minimum Gasteiger partial charge on any atom is -0.306 e. The van der Waals surface area contributed by atoms with Crippen molar-refractivity contribution in [1.29, 1.82) is 5.26 Å². The summed E-state index contributed by atoms with van der Waals surface area (Å²) in [6, 6.07) is 12.6. The van der Waals surface area contributed by atoms with Crippen molar-refractivity contribution >= 4 is 0 Å². The van der Waals surface area contributed by atoms with Gasteiger partial charge in [0.2, 0.25) is 0 Å². The molecule has 2 aromatic rings. The Hall–Kier alpha value is -2.25. The summed E-state index contributed by atoms with van der Waals surface area (Å²) in [6.07, 6.45) is 0. The van der Waals surface area contributed by atoms with Gasteiger partial charge in [0.25, 0.3) is 0 Å². The molecule has 20 heavy (non-hydrogen) atoms. The van der Waals surface area contributed by atoms with Gasteiger partial charge in [-0.15, -0.1) is 0 Å². The molecule has 0 saturated carbocycles. The maximum absolute atomic E-state index is 13.6. The molecule has 1 atom stereocenters. The van der Waals surface area contributed by atoms with E-state index in [1.54, 1.807) is 30.3 Å².